The fourth-order valence-electron chi connectivity index (χ4n) is 1.80. The minimum absolute atomic E-state index is 0.261. The van der Waals surface area contributed by atoms with Gasteiger partial charge in [-0.2, -0.15) is 0 Å². The van der Waals surface area contributed by atoms with Gasteiger partial charge in [0.25, 0.3) is 0 Å². The summed E-state index contributed by atoms with van der Waals surface area (Å²) in [6.45, 7) is 1.04. The second-order valence-electron chi connectivity index (χ2n) is 4.92. The summed E-state index contributed by atoms with van der Waals surface area (Å²) >= 11 is 0. The van der Waals surface area contributed by atoms with E-state index in [-0.39, 0.29) is 5.82 Å². The fourth-order valence-corrected chi connectivity index (χ4v) is 1.80. The Bertz CT molecular complexity index is 520. The molecular weight excluding hydrogens is 253 g/mol. The van der Waals surface area contributed by atoms with Crippen molar-refractivity contribution in [1.82, 2.24) is 4.90 Å². The van der Waals surface area contributed by atoms with Crippen molar-refractivity contribution in [2.75, 3.05) is 20.6 Å². The van der Waals surface area contributed by atoms with Gasteiger partial charge < -0.3 is 9.64 Å². The fraction of sp³-hybridized carbons (Fsp3) is 0.235. The van der Waals surface area contributed by atoms with Crippen LogP contribution in [0.4, 0.5) is 4.39 Å². The molecule has 0 unspecified atom stereocenters. The maximum atomic E-state index is 12.8. The third-order valence-electron chi connectivity index (χ3n) is 2.89. The Morgan fingerprint density at radius 1 is 0.950 bits per heavy atom. The number of ether oxygens (including phenoxy) is 1. The summed E-state index contributed by atoms with van der Waals surface area (Å²) in [5.41, 5.74) is 1.18. The van der Waals surface area contributed by atoms with Crippen LogP contribution in [0.5, 0.6) is 11.5 Å². The van der Waals surface area contributed by atoms with Gasteiger partial charge in [0.1, 0.15) is 17.3 Å². The molecule has 0 aromatic heterocycles. The van der Waals surface area contributed by atoms with Crippen molar-refractivity contribution in [3.63, 3.8) is 0 Å². The van der Waals surface area contributed by atoms with Crippen molar-refractivity contribution in [2.45, 2.75) is 6.42 Å². The van der Waals surface area contributed by atoms with Gasteiger partial charge in [0, 0.05) is 0 Å². The van der Waals surface area contributed by atoms with E-state index in [2.05, 4.69) is 25.4 Å². The maximum absolute atomic E-state index is 12.8. The Labute approximate surface area is 119 Å². The molecular formula is C17H19FNO. The lowest BCUT2D eigenvalue weighted by atomic mass is 10.1. The summed E-state index contributed by atoms with van der Waals surface area (Å²) in [7, 11) is 4.13. The number of hydrogen-bond acceptors (Lipinski definition) is 2. The van der Waals surface area contributed by atoms with Crippen LogP contribution in [0.15, 0.2) is 48.5 Å². The first-order valence-corrected chi connectivity index (χ1v) is 6.65. The monoisotopic (exact) mass is 272 g/mol. The summed E-state index contributed by atoms with van der Waals surface area (Å²) in [6.07, 6.45) is 3.22. The van der Waals surface area contributed by atoms with Gasteiger partial charge >= 0.3 is 0 Å². The van der Waals surface area contributed by atoms with E-state index in [1.165, 1.54) is 17.7 Å². The molecule has 0 spiro atoms. The van der Waals surface area contributed by atoms with Crippen LogP contribution >= 0.6 is 0 Å². The second-order valence-corrected chi connectivity index (χ2v) is 4.92. The topological polar surface area (TPSA) is 12.5 Å². The minimum Gasteiger partial charge on any atom is -0.457 e. The average molecular weight is 272 g/mol. The highest BCUT2D eigenvalue weighted by molar-refractivity contribution is 5.35. The predicted octanol–water partition coefficient (Wildman–Crippen LogP) is 4.12. The lowest BCUT2D eigenvalue weighted by Crippen LogP contribution is -2.12. The highest BCUT2D eigenvalue weighted by atomic mass is 19.1. The van der Waals surface area contributed by atoms with Crippen LogP contribution in [0.25, 0.3) is 0 Å². The van der Waals surface area contributed by atoms with Crippen LogP contribution in [0.2, 0.25) is 0 Å². The number of benzene rings is 2. The quantitative estimate of drug-likeness (QED) is 0.784. The van der Waals surface area contributed by atoms with E-state index in [9.17, 15) is 4.39 Å². The summed E-state index contributed by atoms with van der Waals surface area (Å²) < 4.78 is 18.4. The zero-order chi connectivity index (χ0) is 14.4. The van der Waals surface area contributed by atoms with Gasteiger partial charge in [-0.05, 0) is 75.4 Å². The van der Waals surface area contributed by atoms with Crippen molar-refractivity contribution in [3.05, 3.63) is 66.3 Å². The van der Waals surface area contributed by atoms with Gasteiger partial charge in [-0.1, -0.05) is 12.1 Å². The summed E-state index contributed by atoms with van der Waals surface area (Å²) in [6, 6.07) is 13.9. The number of halogens is 1. The van der Waals surface area contributed by atoms with Crippen LogP contribution in [0.1, 0.15) is 12.0 Å². The molecule has 1 radical (unpaired) electrons. The van der Waals surface area contributed by atoms with Crippen molar-refractivity contribution in [1.29, 1.82) is 0 Å². The molecule has 0 fully saturated rings. The Balaban J connectivity index is 1.89. The second kappa shape index (κ2) is 7.06. The zero-order valence-corrected chi connectivity index (χ0v) is 11.8. The molecule has 0 bridgehead atoms. The molecule has 2 aromatic rings. The van der Waals surface area contributed by atoms with E-state index in [0.29, 0.717) is 5.75 Å². The van der Waals surface area contributed by atoms with E-state index >= 15 is 0 Å². The van der Waals surface area contributed by atoms with Gasteiger partial charge in [-0.3, -0.25) is 0 Å². The SMILES string of the molecule is CN(C)CC[CH]c1ccc(Oc2ccc(F)cc2)cc1. The molecule has 0 amide bonds. The van der Waals surface area contributed by atoms with E-state index < -0.39 is 0 Å². The molecule has 0 aliphatic carbocycles. The number of hydrogen-bond donors (Lipinski definition) is 0. The average Bonchev–Trinajstić information content (AvgIpc) is 2.43. The standard InChI is InChI=1S/C17H19FNO/c1-19(2)13-3-4-14-5-9-16(10-6-14)20-17-11-7-15(18)8-12-17/h4-12H,3,13H2,1-2H3. The van der Waals surface area contributed by atoms with Gasteiger partial charge in [0.05, 0.1) is 0 Å². The minimum atomic E-state index is -0.261. The van der Waals surface area contributed by atoms with Gasteiger partial charge in [0.2, 0.25) is 0 Å². The molecule has 3 heteroatoms. The lowest BCUT2D eigenvalue weighted by Gasteiger charge is -2.09. The highest BCUT2D eigenvalue weighted by Crippen LogP contribution is 2.22. The molecule has 2 nitrogen and oxygen atoms in total. The van der Waals surface area contributed by atoms with E-state index in [1.807, 2.05) is 24.3 Å². The Morgan fingerprint density at radius 2 is 1.50 bits per heavy atom. The third-order valence-corrected chi connectivity index (χ3v) is 2.89. The highest BCUT2D eigenvalue weighted by Gasteiger charge is 1.99. The molecule has 0 heterocycles. The Kier molecular flexibility index (Phi) is 5.13. The van der Waals surface area contributed by atoms with E-state index in [0.717, 1.165) is 18.7 Å². The summed E-state index contributed by atoms with van der Waals surface area (Å²) in [4.78, 5) is 2.16. The van der Waals surface area contributed by atoms with Gasteiger partial charge in [-0.25, -0.2) is 4.39 Å². The summed E-state index contributed by atoms with van der Waals surface area (Å²) in [5.74, 6) is 1.13. The van der Waals surface area contributed by atoms with Crippen molar-refractivity contribution in [2.24, 2.45) is 0 Å². The molecule has 2 aromatic carbocycles. The van der Waals surface area contributed by atoms with Crippen molar-refractivity contribution < 1.29 is 9.13 Å². The van der Waals surface area contributed by atoms with Crippen LogP contribution < -0.4 is 4.74 Å². The van der Waals surface area contributed by atoms with Crippen LogP contribution in [0, 0.1) is 12.2 Å². The van der Waals surface area contributed by atoms with Crippen LogP contribution in [0.3, 0.4) is 0 Å². The lowest BCUT2D eigenvalue weighted by molar-refractivity contribution is 0.413. The zero-order valence-electron chi connectivity index (χ0n) is 11.8. The molecule has 0 saturated heterocycles. The molecule has 0 aliphatic rings. The first-order chi connectivity index (χ1) is 9.63. The predicted molar refractivity (Wildman–Crippen MR) is 79.5 cm³/mol. The Hall–Kier alpha value is -1.87. The number of rotatable bonds is 6. The first-order valence-electron chi connectivity index (χ1n) is 6.65. The van der Waals surface area contributed by atoms with Crippen molar-refractivity contribution >= 4 is 0 Å². The maximum Gasteiger partial charge on any atom is 0.127 e. The molecule has 2 rings (SSSR count). The Morgan fingerprint density at radius 3 is 2.05 bits per heavy atom. The normalized spacial score (nSPS) is 10.8. The number of nitrogens with zero attached hydrogens (tertiary/aromatic N) is 1. The smallest absolute Gasteiger partial charge is 0.127 e. The van der Waals surface area contributed by atoms with E-state index in [4.69, 9.17) is 4.74 Å². The molecule has 105 valence electrons. The molecule has 0 saturated carbocycles. The molecule has 0 atom stereocenters. The van der Waals surface area contributed by atoms with E-state index in [1.54, 1.807) is 12.1 Å². The van der Waals surface area contributed by atoms with Crippen LogP contribution in [-0.2, 0) is 0 Å². The molecule has 20 heavy (non-hydrogen) atoms. The molecule has 0 aliphatic heterocycles. The first kappa shape index (κ1) is 14.5. The third kappa shape index (κ3) is 4.67. The van der Waals surface area contributed by atoms with Crippen molar-refractivity contribution in [3.8, 4) is 11.5 Å². The molecule has 0 N–H and O–H groups in total. The van der Waals surface area contributed by atoms with Gasteiger partial charge in [-0.15, -0.1) is 0 Å². The summed E-state index contributed by atoms with van der Waals surface area (Å²) in [5, 5.41) is 0. The van der Waals surface area contributed by atoms with Crippen LogP contribution in [-0.4, -0.2) is 25.5 Å². The van der Waals surface area contributed by atoms with Gasteiger partial charge in [0.15, 0.2) is 0 Å². The largest absolute Gasteiger partial charge is 0.457 e.